The average molecular weight is 548 g/mol. The standard InChI is InChI=1S/C30H37N5O3S/c1-33-19-29(31-21-33)39(37,38)32-24-12-16-35(17-13-24)28-11-9-23-8-10-27(34-14-5-15-34)25(30(23)26(28)20-36)18-22-6-3-2-4-7-22/h2-4,6-7,9,11,19-21,24-25,27,32H,5,8,10,12-18H2,1H3/t25-,27-/m0/s1. The quantitative estimate of drug-likeness (QED) is 0.434. The fraction of sp³-hybridized carbons (Fsp3) is 0.467. The molecule has 2 aromatic carbocycles. The normalized spacial score (nSPS) is 22.3. The predicted octanol–water partition coefficient (Wildman–Crippen LogP) is 3.53. The molecule has 1 aromatic heterocycles. The van der Waals surface area contributed by atoms with Gasteiger partial charge in [0.1, 0.15) is 0 Å². The third-order valence-corrected chi connectivity index (χ3v) is 10.2. The molecular weight excluding hydrogens is 510 g/mol. The van der Waals surface area contributed by atoms with Crippen LogP contribution in [-0.2, 0) is 29.9 Å². The highest BCUT2D eigenvalue weighted by molar-refractivity contribution is 7.89. The van der Waals surface area contributed by atoms with Gasteiger partial charge in [-0.3, -0.25) is 9.69 Å². The van der Waals surface area contributed by atoms with Gasteiger partial charge in [-0.2, -0.15) is 0 Å². The van der Waals surface area contributed by atoms with Crippen LogP contribution >= 0.6 is 0 Å². The van der Waals surface area contributed by atoms with E-state index in [2.05, 4.69) is 62.0 Å². The summed E-state index contributed by atoms with van der Waals surface area (Å²) < 4.78 is 30.0. The summed E-state index contributed by atoms with van der Waals surface area (Å²) in [7, 11) is -1.90. The van der Waals surface area contributed by atoms with E-state index in [4.69, 9.17) is 0 Å². The van der Waals surface area contributed by atoms with Gasteiger partial charge in [-0.25, -0.2) is 18.1 Å². The van der Waals surface area contributed by atoms with Gasteiger partial charge in [0.15, 0.2) is 11.3 Å². The van der Waals surface area contributed by atoms with E-state index >= 15 is 0 Å². The van der Waals surface area contributed by atoms with E-state index in [1.54, 1.807) is 11.6 Å². The average Bonchev–Trinajstić information content (AvgIpc) is 3.36. The minimum absolute atomic E-state index is 0.0478. The van der Waals surface area contributed by atoms with Crippen LogP contribution in [0.25, 0.3) is 0 Å². The Balaban J connectivity index is 1.24. The molecule has 3 aromatic rings. The molecule has 2 saturated heterocycles. The summed E-state index contributed by atoms with van der Waals surface area (Å²) in [6.45, 7) is 3.66. The van der Waals surface area contributed by atoms with Crippen molar-refractivity contribution in [2.75, 3.05) is 31.1 Å². The Bertz CT molecular complexity index is 1430. The molecular formula is C30H37N5O3S. The van der Waals surface area contributed by atoms with Gasteiger partial charge in [-0.15, -0.1) is 0 Å². The van der Waals surface area contributed by atoms with Gasteiger partial charge in [0.25, 0.3) is 10.0 Å². The highest BCUT2D eigenvalue weighted by Crippen LogP contribution is 2.43. The van der Waals surface area contributed by atoms with Gasteiger partial charge in [0, 0.05) is 55.6 Å². The Kier molecular flexibility index (Phi) is 7.31. The van der Waals surface area contributed by atoms with Gasteiger partial charge < -0.3 is 9.47 Å². The van der Waals surface area contributed by atoms with Crippen LogP contribution < -0.4 is 9.62 Å². The third kappa shape index (κ3) is 5.27. The molecule has 9 heteroatoms. The molecule has 1 N–H and O–H groups in total. The summed E-state index contributed by atoms with van der Waals surface area (Å²) in [4.78, 5) is 21.6. The zero-order valence-electron chi connectivity index (χ0n) is 22.5. The van der Waals surface area contributed by atoms with E-state index < -0.39 is 10.0 Å². The van der Waals surface area contributed by atoms with E-state index in [1.807, 2.05) is 0 Å². The van der Waals surface area contributed by atoms with E-state index in [1.165, 1.54) is 35.6 Å². The zero-order chi connectivity index (χ0) is 27.0. The first-order valence-electron chi connectivity index (χ1n) is 14.1. The van der Waals surface area contributed by atoms with Crippen molar-refractivity contribution in [2.24, 2.45) is 7.05 Å². The third-order valence-electron chi connectivity index (χ3n) is 8.79. The second-order valence-electron chi connectivity index (χ2n) is 11.2. The zero-order valence-corrected chi connectivity index (χ0v) is 23.3. The number of piperidine rings is 1. The number of carbonyl (C=O) groups excluding carboxylic acids is 1. The van der Waals surface area contributed by atoms with E-state index in [-0.39, 0.29) is 17.0 Å². The summed E-state index contributed by atoms with van der Waals surface area (Å²) in [5.74, 6) is 0.277. The molecule has 1 aliphatic carbocycles. The van der Waals surface area contributed by atoms with Crippen LogP contribution in [0.4, 0.5) is 5.69 Å². The van der Waals surface area contributed by atoms with Crippen molar-refractivity contribution >= 4 is 22.0 Å². The molecule has 8 nitrogen and oxygen atoms in total. The van der Waals surface area contributed by atoms with Crippen LogP contribution in [0.2, 0.25) is 0 Å². The Morgan fingerprint density at radius 1 is 1.03 bits per heavy atom. The smallest absolute Gasteiger partial charge is 0.259 e. The summed E-state index contributed by atoms with van der Waals surface area (Å²) in [5.41, 5.74) is 5.65. The molecule has 2 fully saturated rings. The number of imidazole rings is 1. The van der Waals surface area contributed by atoms with Crippen molar-refractivity contribution < 1.29 is 13.2 Å². The second-order valence-corrected chi connectivity index (χ2v) is 12.9. The number of anilines is 1. The van der Waals surface area contributed by atoms with Gasteiger partial charge in [0.05, 0.1) is 6.33 Å². The van der Waals surface area contributed by atoms with Crippen LogP contribution in [0, 0.1) is 0 Å². The summed E-state index contributed by atoms with van der Waals surface area (Å²) >= 11 is 0. The highest BCUT2D eigenvalue weighted by atomic mass is 32.2. The molecule has 0 radical (unpaired) electrons. The Hall–Kier alpha value is -3.01. The van der Waals surface area contributed by atoms with Crippen LogP contribution in [0.15, 0.2) is 60.0 Å². The number of nitrogens with zero attached hydrogens (tertiary/aromatic N) is 4. The Morgan fingerprint density at radius 2 is 1.79 bits per heavy atom. The van der Waals surface area contributed by atoms with E-state index in [0.717, 1.165) is 49.9 Å². The lowest BCUT2D eigenvalue weighted by Crippen LogP contribution is -2.50. The number of aromatic nitrogens is 2. The molecule has 3 heterocycles. The van der Waals surface area contributed by atoms with Crippen molar-refractivity contribution in [1.29, 1.82) is 0 Å². The maximum absolute atomic E-state index is 12.8. The first-order valence-corrected chi connectivity index (χ1v) is 15.6. The molecule has 2 aliphatic heterocycles. The number of nitrogens with one attached hydrogen (secondary N) is 1. The number of aldehydes is 1. The van der Waals surface area contributed by atoms with Crippen LogP contribution in [0.5, 0.6) is 0 Å². The second kappa shape index (κ2) is 10.9. The van der Waals surface area contributed by atoms with E-state index in [0.29, 0.717) is 32.0 Å². The molecule has 2 atom stereocenters. The van der Waals surface area contributed by atoms with Crippen molar-refractivity contribution in [2.45, 2.75) is 61.6 Å². The first-order chi connectivity index (χ1) is 18.9. The van der Waals surface area contributed by atoms with Crippen LogP contribution in [-0.4, -0.2) is 67.4 Å². The minimum Gasteiger partial charge on any atom is -0.371 e. The van der Waals surface area contributed by atoms with Gasteiger partial charge in [-0.05, 0) is 74.4 Å². The Morgan fingerprint density at radius 3 is 2.44 bits per heavy atom. The monoisotopic (exact) mass is 547 g/mol. The molecule has 0 saturated carbocycles. The maximum Gasteiger partial charge on any atom is 0.259 e. The topological polar surface area (TPSA) is 87.5 Å². The number of likely N-dealkylation sites (tertiary alicyclic amines) is 1. The fourth-order valence-electron chi connectivity index (χ4n) is 6.68. The lowest BCUT2D eigenvalue weighted by atomic mass is 9.72. The number of fused-ring (bicyclic) bond motifs is 1. The largest absolute Gasteiger partial charge is 0.371 e. The van der Waals surface area contributed by atoms with Crippen LogP contribution in [0.1, 0.15) is 58.6 Å². The first kappa shape index (κ1) is 26.2. The minimum atomic E-state index is -3.66. The molecule has 3 aliphatic rings. The molecule has 6 rings (SSSR count). The highest BCUT2D eigenvalue weighted by Gasteiger charge is 2.38. The van der Waals surface area contributed by atoms with Crippen molar-refractivity contribution in [3.05, 3.63) is 77.2 Å². The number of sulfonamides is 1. The van der Waals surface area contributed by atoms with Gasteiger partial charge in [0.2, 0.25) is 0 Å². The number of hydrogen-bond acceptors (Lipinski definition) is 6. The van der Waals surface area contributed by atoms with Gasteiger partial charge >= 0.3 is 0 Å². The number of rotatable bonds is 8. The molecule has 39 heavy (non-hydrogen) atoms. The summed E-state index contributed by atoms with van der Waals surface area (Å²) in [6, 6.07) is 15.3. The van der Waals surface area contributed by atoms with Gasteiger partial charge in [-0.1, -0.05) is 36.4 Å². The molecule has 0 spiro atoms. The Labute approximate surface area is 231 Å². The molecule has 206 valence electrons. The molecule has 0 unspecified atom stereocenters. The van der Waals surface area contributed by atoms with Crippen molar-refractivity contribution in [3.63, 3.8) is 0 Å². The fourth-order valence-corrected chi connectivity index (χ4v) is 7.97. The lowest BCUT2D eigenvalue weighted by molar-refractivity contribution is 0.0872. The summed E-state index contributed by atoms with van der Waals surface area (Å²) in [5, 5.41) is 0.0478. The number of benzene rings is 2. The lowest BCUT2D eigenvalue weighted by Gasteiger charge is -2.46. The van der Waals surface area contributed by atoms with E-state index in [9.17, 15) is 13.2 Å². The molecule has 0 amide bonds. The van der Waals surface area contributed by atoms with Crippen molar-refractivity contribution in [1.82, 2.24) is 19.2 Å². The number of aryl methyl sites for hydroxylation is 2. The van der Waals surface area contributed by atoms with Crippen molar-refractivity contribution in [3.8, 4) is 0 Å². The predicted molar refractivity (Wildman–Crippen MR) is 152 cm³/mol. The SMILES string of the molecule is Cn1cnc(S(=O)(=O)NC2CCN(c3ccc4c(c3C=O)[C@@H](Cc3ccccc3)[C@@H](N3CCC3)CC4)CC2)c1. The number of carbonyl (C=O) groups is 1. The maximum atomic E-state index is 12.8. The summed E-state index contributed by atoms with van der Waals surface area (Å²) in [6.07, 6.45) is 9.73. The number of hydrogen-bond donors (Lipinski definition) is 1. The van der Waals surface area contributed by atoms with Crippen LogP contribution in [0.3, 0.4) is 0 Å². The molecule has 0 bridgehead atoms.